The number of sulfonamides is 1. The van der Waals surface area contributed by atoms with E-state index in [0.29, 0.717) is 45.4 Å². The van der Waals surface area contributed by atoms with E-state index in [1.54, 1.807) is 25.7 Å². The molecule has 2 heterocycles. The van der Waals surface area contributed by atoms with E-state index in [4.69, 9.17) is 4.74 Å². The number of nitrogens with zero attached hydrogens (tertiary/aromatic N) is 2. The molecule has 10 nitrogen and oxygen atoms in total. The highest BCUT2D eigenvalue weighted by atomic mass is 32.2. The molecule has 0 spiro atoms. The Labute approximate surface area is 185 Å². The molecule has 2 aliphatic rings. The van der Waals surface area contributed by atoms with Gasteiger partial charge in [0, 0.05) is 45.2 Å². The summed E-state index contributed by atoms with van der Waals surface area (Å²) in [5.41, 5.74) is -0.577. The van der Waals surface area contributed by atoms with Crippen LogP contribution >= 0.6 is 0 Å². The van der Waals surface area contributed by atoms with Crippen molar-refractivity contribution in [3.05, 3.63) is 0 Å². The summed E-state index contributed by atoms with van der Waals surface area (Å²) >= 11 is 0. The Morgan fingerprint density at radius 1 is 0.968 bits per heavy atom. The Kier molecular flexibility index (Phi) is 8.70. The van der Waals surface area contributed by atoms with Crippen molar-refractivity contribution in [3.63, 3.8) is 0 Å². The van der Waals surface area contributed by atoms with Gasteiger partial charge in [-0.05, 0) is 46.5 Å². The number of hydrogen-bond donors (Lipinski definition) is 2. The first kappa shape index (κ1) is 25.4. The van der Waals surface area contributed by atoms with Crippen molar-refractivity contribution in [2.75, 3.05) is 45.5 Å². The number of carbonyl (C=O) groups is 3. The average molecular weight is 461 g/mol. The number of alkyl carbamates (subject to hydrolysis) is 1. The van der Waals surface area contributed by atoms with E-state index < -0.39 is 21.7 Å². The minimum atomic E-state index is -3.22. The first-order valence-electron chi connectivity index (χ1n) is 10.9. The van der Waals surface area contributed by atoms with Crippen LogP contribution in [0.25, 0.3) is 0 Å². The van der Waals surface area contributed by atoms with Gasteiger partial charge in [-0.2, -0.15) is 0 Å². The summed E-state index contributed by atoms with van der Waals surface area (Å²) in [5.74, 6) is -0.596. The summed E-state index contributed by atoms with van der Waals surface area (Å²) in [4.78, 5) is 38.8. The number of amides is 3. The van der Waals surface area contributed by atoms with Gasteiger partial charge in [0.25, 0.3) is 0 Å². The maximum Gasteiger partial charge on any atom is 0.407 e. The summed E-state index contributed by atoms with van der Waals surface area (Å²) in [7, 11) is -3.22. The highest BCUT2D eigenvalue weighted by Gasteiger charge is 2.34. The lowest BCUT2D eigenvalue weighted by atomic mass is 9.92. The number of rotatable bonds is 6. The quantitative estimate of drug-likeness (QED) is 0.557. The molecule has 0 radical (unpaired) electrons. The van der Waals surface area contributed by atoms with E-state index in [1.165, 1.54) is 10.6 Å². The van der Waals surface area contributed by atoms with Gasteiger partial charge in [-0.3, -0.25) is 9.59 Å². The van der Waals surface area contributed by atoms with Crippen LogP contribution < -0.4 is 10.6 Å². The predicted molar refractivity (Wildman–Crippen MR) is 116 cm³/mol. The number of likely N-dealkylation sites (tertiary alicyclic amines) is 1. The fourth-order valence-corrected chi connectivity index (χ4v) is 4.77. The first-order chi connectivity index (χ1) is 14.4. The van der Waals surface area contributed by atoms with Gasteiger partial charge >= 0.3 is 6.09 Å². The SMILES string of the molecule is CC(C)(C)OC(=O)NCCNC(=O)C1CCCN(C(=O)C2CCN(S(C)(=O)=O)CC2)C1. The van der Waals surface area contributed by atoms with Crippen LogP contribution in [0.3, 0.4) is 0 Å². The van der Waals surface area contributed by atoms with Crippen LogP contribution in [0, 0.1) is 11.8 Å². The minimum Gasteiger partial charge on any atom is -0.444 e. The molecule has 2 aliphatic heterocycles. The Morgan fingerprint density at radius 2 is 1.58 bits per heavy atom. The van der Waals surface area contributed by atoms with Crippen LogP contribution in [0.15, 0.2) is 0 Å². The van der Waals surface area contributed by atoms with Crippen LogP contribution in [0.1, 0.15) is 46.5 Å². The Morgan fingerprint density at radius 3 is 2.16 bits per heavy atom. The average Bonchev–Trinajstić information content (AvgIpc) is 2.68. The largest absolute Gasteiger partial charge is 0.444 e. The van der Waals surface area contributed by atoms with Gasteiger partial charge in [0.2, 0.25) is 21.8 Å². The smallest absolute Gasteiger partial charge is 0.407 e. The number of ether oxygens (including phenoxy) is 1. The van der Waals surface area contributed by atoms with Crippen molar-refractivity contribution in [2.45, 2.75) is 52.1 Å². The second-order valence-corrected chi connectivity index (χ2v) is 11.3. The van der Waals surface area contributed by atoms with Crippen molar-refractivity contribution < 1.29 is 27.5 Å². The van der Waals surface area contributed by atoms with Crippen molar-refractivity contribution in [1.82, 2.24) is 19.8 Å². The van der Waals surface area contributed by atoms with Crippen molar-refractivity contribution in [3.8, 4) is 0 Å². The summed E-state index contributed by atoms with van der Waals surface area (Å²) in [6.07, 6.45) is 3.14. The van der Waals surface area contributed by atoms with Gasteiger partial charge in [0.1, 0.15) is 5.60 Å². The lowest BCUT2D eigenvalue weighted by Crippen LogP contribution is -2.50. The normalized spacial score (nSPS) is 21.4. The molecule has 1 atom stereocenters. The molecule has 2 N–H and O–H groups in total. The zero-order valence-electron chi connectivity index (χ0n) is 19.0. The van der Waals surface area contributed by atoms with E-state index in [-0.39, 0.29) is 36.7 Å². The van der Waals surface area contributed by atoms with Gasteiger partial charge in [-0.1, -0.05) is 0 Å². The molecular weight excluding hydrogens is 424 g/mol. The number of nitrogens with one attached hydrogen (secondary N) is 2. The van der Waals surface area contributed by atoms with Crippen LogP contribution in [0.2, 0.25) is 0 Å². The molecule has 2 fully saturated rings. The van der Waals surface area contributed by atoms with Crippen LogP contribution in [-0.4, -0.2) is 86.7 Å². The molecule has 0 saturated carbocycles. The van der Waals surface area contributed by atoms with E-state index in [1.807, 2.05) is 0 Å². The Hall–Kier alpha value is -1.88. The standard InChI is InChI=1S/C20H36N4O6S/c1-20(2,3)30-19(27)22-10-9-21-17(25)16-6-5-11-23(14-16)18(26)15-7-12-24(13-8-15)31(4,28)29/h15-16H,5-14H2,1-4H3,(H,21,25)(H,22,27). The van der Waals surface area contributed by atoms with Crippen LogP contribution in [-0.2, 0) is 24.3 Å². The molecular formula is C20H36N4O6S. The molecule has 2 saturated heterocycles. The second kappa shape index (κ2) is 10.6. The molecule has 31 heavy (non-hydrogen) atoms. The third kappa shape index (κ3) is 8.29. The highest BCUT2D eigenvalue weighted by Crippen LogP contribution is 2.24. The molecule has 178 valence electrons. The molecule has 2 rings (SSSR count). The Bertz CT molecular complexity index is 756. The lowest BCUT2D eigenvalue weighted by molar-refractivity contribution is -0.140. The van der Waals surface area contributed by atoms with E-state index in [0.717, 1.165) is 6.42 Å². The van der Waals surface area contributed by atoms with Gasteiger partial charge in [0.15, 0.2) is 0 Å². The topological polar surface area (TPSA) is 125 Å². The summed E-state index contributed by atoms with van der Waals surface area (Å²) in [6.45, 7) is 7.58. The van der Waals surface area contributed by atoms with E-state index >= 15 is 0 Å². The number of piperidine rings is 2. The van der Waals surface area contributed by atoms with Crippen molar-refractivity contribution in [1.29, 1.82) is 0 Å². The first-order valence-corrected chi connectivity index (χ1v) is 12.7. The fourth-order valence-electron chi connectivity index (χ4n) is 3.89. The molecule has 1 unspecified atom stereocenters. The molecule has 0 aromatic rings. The molecule has 0 aromatic carbocycles. The molecule has 0 aliphatic carbocycles. The number of hydrogen-bond acceptors (Lipinski definition) is 6. The highest BCUT2D eigenvalue weighted by molar-refractivity contribution is 7.88. The maximum atomic E-state index is 12.9. The fraction of sp³-hybridized carbons (Fsp3) is 0.850. The molecule has 0 aromatic heterocycles. The van der Waals surface area contributed by atoms with Crippen molar-refractivity contribution >= 4 is 27.9 Å². The second-order valence-electron chi connectivity index (χ2n) is 9.28. The van der Waals surface area contributed by atoms with Gasteiger partial charge in [0.05, 0.1) is 12.2 Å². The van der Waals surface area contributed by atoms with Crippen LogP contribution in [0.4, 0.5) is 4.79 Å². The molecule has 0 bridgehead atoms. The maximum absolute atomic E-state index is 12.9. The predicted octanol–water partition coefficient (Wildman–Crippen LogP) is 0.538. The number of carbonyl (C=O) groups excluding carboxylic acids is 3. The monoisotopic (exact) mass is 460 g/mol. The molecule has 3 amide bonds. The summed E-state index contributed by atoms with van der Waals surface area (Å²) < 4.78 is 29.8. The third-order valence-corrected chi connectivity index (χ3v) is 6.77. The zero-order valence-corrected chi connectivity index (χ0v) is 19.8. The van der Waals surface area contributed by atoms with Gasteiger partial charge in [-0.15, -0.1) is 0 Å². The molecule has 11 heteroatoms. The zero-order chi connectivity index (χ0) is 23.2. The third-order valence-electron chi connectivity index (χ3n) is 5.47. The lowest BCUT2D eigenvalue weighted by Gasteiger charge is -2.36. The summed E-state index contributed by atoms with van der Waals surface area (Å²) in [5, 5.41) is 5.41. The Balaban J connectivity index is 1.74. The van der Waals surface area contributed by atoms with Gasteiger partial charge in [-0.25, -0.2) is 17.5 Å². The van der Waals surface area contributed by atoms with Crippen molar-refractivity contribution in [2.24, 2.45) is 11.8 Å². The van der Waals surface area contributed by atoms with Crippen LogP contribution in [0.5, 0.6) is 0 Å². The van der Waals surface area contributed by atoms with E-state index in [2.05, 4.69) is 10.6 Å². The summed E-state index contributed by atoms with van der Waals surface area (Å²) in [6, 6.07) is 0. The van der Waals surface area contributed by atoms with Gasteiger partial charge < -0.3 is 20.3 Å². The van der Waals surface area contributed by atoms with E-state index in [9.17, 15) is 22.8 Å². The minimum absolute atomic E-state index is 0.0113.